The van der Waals surface area contributed by atoms with Gasteiger partial charge in [-0.2, -0.15) is 0 Å². The fourth-order valence-corrected chi connectivity index (χ4v) is 3.11. The molecule has 2 saturated heterocycles. The molecule has 2 fully saturated rings. The Morgan fingerprint density at radius 3 is 2.65 bits per heavy atom. The van der Waals surface area contributed by atoms with Crippen molar-refractivity contribution in [1.29, 1.82) is 0 Å². The van der Waals surface area contributed by atoms with Gasteiger partial charge in [0.2, 0.25) is 5.91 Å². The van der Waals surface area contributed by atoms with Crippen molar-refractivity contribution in [3.63, 3.8) is 0 Å². The number of nitrogens with zero attached hydrogens (tertiary/aromatic N) is 2. The van der Waals surface area contributed by atoms with Crippen LogP contribution >= 0.6 is 0 Å². The third-order valence-corrected chi connectivity index (χ3v) is 4.42. The van der Waals surface area contributed by atoms with E-state index in [0.717, 1.165) is 58.5 Å². The Morgan fingerprint density at radius 1 is 1.20 bits per heavy atom. The number of hydrogen-bond donors (Lipinski definition) is 1. The van der Waals surface area contributed by atoms with Crippen LogP contribution in [0.25, 0.3) is 0 Å². The topological polar surface area (TPSA) is 58.8 Å². The SMILES string of the molecule is CCCOCCC(=O)N1CCC(N2CCC(N)CC2)C1. The van der Waals surface area contributed by atoms with Crippen molar-refractivity contribution in [3.05, 3.63) is 0 Å². The average molecular weight is 283 g/mol. The molecule has 2 aliphatic rings. The largest absolute Gasteiger partial charge is 0.381 e. The van der Waals surface area contributed by atoms with Crippen molar-refractivity contribution < 1.29 is 9.53 Å². The Bertz CT molecular complexity index is 303. The van der Waals surface area contributed by atoms with E-state index in [-0.39, 0.29) is 5.91 Å². The van der Waals surface area contributed by atoms with Crippen molar-refractivity contribution >= 4 is 5.91 Å². The molecule has 0 spiro atoms. The molecular weight excluding hydrogens is 254 g/mol. The van der Waals surface area contributed by atoms with E-state index in [1.54, 1.807) is 0 Å². The number of nitrogens with two attached hydrogens (primary N) is 1. The summed E-state index contributed by atoms with van der Waals surface area (Å²) in [5, 5.41) is 0. The number of ether oxygens (including phenoxy) is 1. The number of likely N-dealkylation sites (tertiary alicyclic amines) is 2. The number of carbonyl (C=O) groups is 1. The van der Waals surface area contributed by atoms with E-state index in [9.17, 15) is 4.79 Å². The summed E-state index contributed by atoms with van der Waals surface area (Å²) in [7, 11) is 0. The predicted octanol–water partition coefficient (Wildman–Crippen LogP) is 0.827. The summed E-state index contributed by atoms with van der Waals surface area (Å²) in [5.74, 6) is 0.248. The minimum Gasteiger partial charge on any atom is -0.381 e. The molecule has 2 heterocycles. The molecular formula is C15H29N3O2. The predicted molar refractivity (Wildman–Crippen MR) is 79.5 cm³/mol. The van der Waals surface area contributed by atoms with Crippen molar-refractivity contribution in [1.82, 2.24) is 9.80 Å². The summed E-state index contributed by atoms with van der Waals surface area (Å²) >= 11 is 0. The fraction of sp³-hybridized carbons (Fsp3) is 0.933. The smallest absolute Gasteiger partial charge is 0.224 e. The summed E-state index contributed by atoms with van der Waals surface area (Å²) < 4.78 is 5.40. The second-order valence-electron chi connectivity index (χ2n) is 6.02. The zero-order valence-electron chi connectivity index (χ0n) is 12.7. The molecule has 0 aromatic heterocycles. The van der Waals surface area contributed by atoms with Crippen LogP contribution < -0.4 is 5.73 Å². The number of hydrogen-bond acceptors (Lipinski definition) is 4. The van der Waals surface area contributed by atoms with Gasteiger partial charge in [-0.25, -0.2) is 0 Å². The number of piperidine rings is 1. The molecule has 0 bridgehead atoms. The van der Waals surface area contributed by atoms with E-state index < -0.39 is 0 Å². The van der Waals surface area contributed by atoms with Crippen LogP contribution in [0.3, 0.4) is 0 Å². The molecule has 2 rings (SSSR count). The van der Waals surface area contributed by atoms with Gasteiger partial charge >= 0.3 is 0 Å². The lowest BCUT2D eigenvalue weighted by atomic mass is 10.0. The zero-order valence-corrected chi connectivity index (χ0v) is 12.7. The zero-order chi connectivity index (χ0) is 14.4. The van der Waals surface area contributed by atoms with Gasteiger partial charge in [0.05, 0.1) is 13.0 Å². The molecule has 1 amide bonds. The molecule has 1 unspecified atom stereocenters. The highest BCUT2D eigenvalue weighted by atomic mass is 16.5. The number of carbonyl (C=O) groups excluding carboxylic acids is 1. The molecule has 2 N–H and O–H groups in total. The van der Waals surface area contributed by atoms with E-state index in [4.69, 9.17) is 10.5 Å². The molecule has 0 aliphatic carbocycles. The van der Waals surface area contributed by atoms with Gasteiger partial charge in [0.25, 0.3) is 0 Å². The summed E-state index contributed by atoms with van der Waals surface area (Å²) in [5.41, 5.74) is 5.95. The third-order valence-electron chi connectivity index (χ3n) is 4.42. The van der Waals surface area contributed by atoms with Crippen LogP contribution in [0.2, 0.25) is 0 Å². The van der Waals surface area contributed by atoms with Crippen LogP contribution in [-0.4, -0.2) is 67.2 Å². The number of amides is 1. The normalized spacial score (nSPS) is 25.3. The summed E-state index contributed by atoms with van der Waals surface area (Å²) in [6, 6.07) is 0.920. The molecule has 1 atom stereocenters. The number of rotatable bonds is 6. The van der Waals surface area contributed by atoms with Gasteiger partial charge in [-0.15, -0.1) is 0 Å². The maximum Gasteiger partial charge on any atom is 0.224 e. The molecule has 5 heteroatoms. The van der Waals surface area contributed by atoms with Crippen LogP contribution in [0.4, 0.5) is 0 Å². The Hall–Kier alpha value is -0.650. The second kappa shape index (κ2) is 7.96. The van der Waals surface area contributed by atoms with E-state index >= 15 is 0 Å². The lowest BCUT2D eigenvalue weighted by Gasteiger charge is -2.34. The van der Waals surface area contributed by atoms with Gasteiger partial charge in [0, 0.05) is 31.8 Å². The second-order valence-corrected chi connectivity index (χ2v) is 6.02. The Labute approximate surface area is 122 Å². The van der Waals surface area contributed by atoms with Gasteiger partial charge in [-0.05, 0) is 38.8 Å². The Balaban J connectivity index is 1.67. The minimum atomic E-state index is 0.248. The van der Waals surface area contributed by atoms with Crippen LogP contribution in [-0.2, 0) is 9.53 Å². The standard InChI is InChI=1S/C15H29N3O2/c1-2-10-20-11-6-15(19)18-9-5-14(12-18)17-7-3-13(16)4-8-17/h13-14H,2-12,16H2,1H3. The molecule has 0 aromatic rings. The van der Waals surface area contributed by atoms with Crippen LogP contribution in [0.1, 0.15) is 39.0 Å². The average Bonchev–Trinajstić information content (AvgIpc) is 2.94. The third kappa shape index (κ3) is 4.43. The van der Waals surface area contributed by atoms with E-state index in [1.165, 1.54) is 0 Å². The van der Waals surface area contributed by atoms with Crippen LogP contribution in [0.15, 0.2) is 0 Å². The summed E-state index contributed by atoms with van der Waals surface area (Å²) in [6.45, 7) is 7.37. The fourth-order valence-electron chi connectivity index (χ4n) is 3.11. The van der Waals surface area contributed by atoms with E-state index in [0.29, 0.717) is 25.1 Å². The van der Waals surface area contributed by atoms with Crippen molar-refractivity contribution in [3.8, 4) is 0 Å². The first-order valence-electron chi connectivity index (χ1n) is 8.06. The van der Waals surface area contributed by atoms with Gasteiger partial charge < -0.3 is 15.4 Å². The van der Waals surface area contributed by atoms with Crippen molar-refractivity contribution in [2.24, 2.45) is 5.73 Å². The first-order chi connectivity index (χ1) is 9.70. The Morgan fingerprint density at radius 2 is 1.95 bits per heavy atom. The van der Waals surface area contributed by atoms with E-state index in [2.05, 4.69) is 11.8 Å². The summed E-state index contributed by atoms with van der Waals surface area (Å²) in [4.78, 5) is 16.6. The van der Waals surface area contributed by atoms with Crippen LogP contribution in [0, 0.1) is 0 Å². The molecule has 0 saturated carbocycles. The van der Waals surface area contributed by atoms with Crippen LogP contribution in [0.5, 0.6) is 0 Å². The van der Waals surface area contributed by atoms with Crippen molar-refractivity contribution in [2.75, 3.05) is 39.4 Å². The molecule has 0 radical (unpaired) electrons. The monoisotopic (exact) mass is 283 g/mol. The lowest BCUT2D eigenvalue weighted by molar-refractivity contribution is -0.131. The highest BCUT2D eigenvalue weighted by Gasteiger charge is 2.31. The van der Waals surface area contributed by atoms with Gasteiger partial charge in [0.15, 0.2) is 0 Å². The first kappa shape index (κ1) is 15.7. The maximum atomic E-state index is 12.1. The molecule has 5 nitrogen and oxygen atoms in total. The molecule has 20 heavy (non-hydrogen) atoms. The Kier molecular flexibility index (Phi) is 6.26. The summed E-state index contributed by atoms with van der Waals surface area (Å²) in [6.07, 6.45) is 4.83. The van der Waals surface area contributed by atoms with Crippen molar-refractivity contribution in [2.45, 2.75) is 51.1 Å². The van der Waals surface area contributed by atoms with E-state index in [1.807, 2.05) is 4.90 Å². The molecule has 0 aromatic carbocycles. The van der Waals surface area contributed by atoms with Gasteiger partial charge in [-0.3, -0.25) is 9.69 Å². The minimum absolute atomic E-state index is 0.248. The quantitative estimate of drug-likeness (QED) is 0.734. The highest BCUT2D eigenvalue weighted by Crippen LogP contribution is 2.20. The first-order valence-corrected chi connectivity index (χ1v) is 8.06. The van der Waals surface area contributed by atoms with Gasteiger partial charge in [-0.1, -0.05) is 6.92 Å². The van der Waals surface area contributed by atoms with Gasteiger partial charge in [0.1, 0.15) is 0 Å². The molecule has 2 aliphatic heterocycles. The maximum absolute atomic E-state index is 12.1. The highest BCUT2D eigenvalue weighted by molar-refractivity contribution is 5.76. The molecule has 116 valence electrons. The lowest BCUT2D eigenvalue weighted by Crippen LogP contribution is -2.46.